The number of imidazole rings is 1. The molecule has 0 aliphatic heterocycles. The monoisotopic (exact) mass is 334 g/mol. The largest absolute Gasteiger partial charge is 0.494 e. The average Bonchev–Trinajstić information content (AvgIpc) is 3.16. The Morgan fingerprint density at radius 1 is 1.00 bits per heavy atom. The summed E-state index contributed by atoms with van der Waals surface area (Å²) in [6, 6.07) is 15.4. The summed E-state index contributed by atoms with van der Waals surface area (Å²) in [5, 5.41) is 0. The number of aromatic nitrogens is 2. The number of ether oxygens (including phenoxy) is 1. The molecule has 1 heterocycles. The minimum absolute atomic E-state index is 0.657. The Balaban J connectivity index is 1.68. The Morgan fingerprint density at radius 2 is 1.72 bits per heavy atom. The molecule has 0 fully saturated rings. The Labute approximate surface area is 147 Å². The van der Waals surface area contributed by atoms with Crippen LogP contribution < -0.4 is 4.74 Å². The topological polar surface area (TPSA) is 55.0 Å². The van der Waals surface area contributed by atoms with E-state index in [9.17, 15) is 4.79 Å². The van der Waals surface area contributed by atoms with Crippen LogP contribution in [0, 0.1) is 0 Å². The van der Waals surface area contributed by atoms with Gasteiger partial charge in [-0.2, -0.15) is 0 Å². The van der Waals surface area contributed by atoms with E-state index < -0.39 is 0 Å². The van der Waals surface area contributed by atoms with Crippen LogP contribution in [0.2, 0.25) is 0 Å². The van der Waals surface area contributed by atoms with Crippen LogP contribution in [0.3, 0.4) is 0 Å². The molecular weight excluding hydrogens is 312 g/mol. The summed E-state index contributed by atoms with van der Waals surface area (Å²) in [5.74, 6) is 1.68. The molecule has 1 aromatic heterocycles. The number of carbonyl (C=O) groups is 1. The number of unbranched alkanes of at least 4 members (excludes halogenated alkanes) is 2. The summed E-state index contributed by atoms with van der Waals surface area (Å²) in [5.41, 5.74) is 3.62. The van der Waals surface area contributed by atoms with Gasteiger partial charge < -0.3 is 9.72 Å². The lowest BCUT2D eigenvalue weighted by atomic mass is 10.1. The predicted octanol–water partition coefficient (Wildman–Crippen LogP) is 5.13. The van der Waals surface area contributed by atoms with Gasteiger partial charge in [-0.1, -0.05) is 44.0 Å². The van der Waals surface area contributed by atoms with E-state index in [1.54, 1.807) is 12.1 Å². The molecule has 25 heavy (non-hydrogen) atoms. The lowest BCUT2D eigenvalue weighted by Gasteiger charge is -2.06. The minimum Gasteiger partial charge on any atom is -0.494 e. The van der Waals surface area contributed by atoms with E-state index in [0.29, 0.717) is 5.56 Å². The minimum atomic E-state index is 0.657. The SMILES string of the molecule is CCCCCOc1ccc(-c2cnc(-c3ccc(C=O)cc3)[nH]2)cc1. The molecule has 0 aliphatic carbocycles. The van der Waals surface area contributed by atoms with Gasteiger partial charge in [0.1, 0.15) is 17.9 Å². The van der Waals surface area contributed by atoms with Crippen molar-refractivity contribution < 1.29 is 9.53 Å². The van der Waals surface area contributed by atoms with Gasteiger partial charge in [-0.25, -0.2) is 4.98 Å². The van der Waals surface area contributed by atoms with Gasteiger partial charge in [0, 0.05) is 11.1 Å². The Bertz CT molecular complexity index is 805. The summed E-state index contributed by atoms with van der Waals surface area (Å²) in [6.45, 7) is 2.95. The molecule has 4 heteroatoms. The van der Waals surface area contributed by atoms with Crippen LogP contribution in [0.1, 0.15) is 36.5 Å². The second-order valence-corrected chi connectivity index (χ2v) is 5.97. The van der Waals surface area contributed by atoms with Crippen LogP contribution in [0.5, 0.6) is 5.75 Å². The zero-order valence-electron chi connectivity index (χ0n) is 14.4. The van der Waals surface area contributed by atoms with Crippen molar-refractivity contribution in [1.82, 2.24) is 9.97 Å². The van der Waals surface area contributed by atoms with Crippen molar-refractivity contribution in [2.45, 2.75) is 26.2 Å². The molecule has 0 saturated carbocycles. The molecule has 0 aliphatic rings. The third-order valence-electron chi connectivity index (χ3n) is 4.08. The van der Waals surface area contributed by atoms with Gasteiger partial charge >= 0.3 is 0 Å². The maximum absolute atomic E-state index is 10.7. The molecule has 3 aromatic rings. The summed E-state index contributed by atoms with van der Waals surface area (Å²) < 4.78 is 5.74. The highest BCUT2D eigenvalue weighted by molar-refractivity contribution is 5.76. The molecule has 0 spiro atoms. The van der Waals surface area contributed by atoms with E-state index in [-0.39, 0.29) is 0 Å². The van der Waals surface area contributed by atoms with Crippen molar-refractivity contribution in [1.29, 1.82) is 0 Å². The van der Waals surface area contributed by atoms with Crippen LogP contribution in [0.15, 0.2) is 54.7 Å². The molecule has 0 bridgehead atoms. The van der Waals surface area contributed by atoms with E-state index in [1.165, 1.54) is 12.8 Å². The third-order valence-corrected chi connectivity index (χ3v) is 4.08. The normalized spacial score (nSPS) is 10.6. The van der Waals surface area contributed by atoms with E-state index in [4.69, 9.17) is 4.74 Å². The number of aldehydes is 1. The summed E-state index contributed by atoms with van der Waals surface area (Å²) in [6.07, 6.45) is 6.14. The van der Waals surface area contributed by atoms with Crippen molar-refractivity contribution in [3.8, 4) is 28.4 Å². The van der Waals surface area contributed by atoms with E-state index in [2.05, 4.69) is 16.9 Å². The third kappa shape index (κ3) is 4.35. The lowest BCUT2D eigenvalue weighted by molar-refractivity contribution is 0.112. The fourth-order valence-electron chi connectivity index (χ4n) is 2.61. The van der Waals surface area contributed by atoms with Gasteiger partial charge in [-0.05, 0) is 36.2 Å². The molecule has 0 unspecified atom stereocenters. The molecule has 1 N–H and O–H groups in total. The van der Waals surface area contributed by atoms with Crippen LogP contribution >= 0.6 is 0 Å². The molecule has 0 saturated heterocycles. The quantitative estimate of drug-likeness (QED) is 0.459. The zero-order chi connectivity index (χ0) is 17.5. The fourth-order valence-corrected chi connectivity index (χ4v) is 2.61. The number of nitrogens with zero attached hydrogens (tertiary/aromatic N) is 1. The molecule has 2 aromatic carbocycles. The Hall–Kier alpha value is -2.88. The molecular formula is C21H22N2O2. The maximum Gasteiger partial charge on any atom is 0.150 e. The van der Waals surface area contributed by atoms with Crippen molar-refractivity contribution in [2.24, 2.45) is 0 Å². The summed E-state index contributed by atoms with van der Waals surface area (Å²) in [4.78, 5) is 18.5. The van der Waals surface area contributed by atoms with Crippen LogP contribution in [0.25, 0.3) is 22.6 Å². The number of carbonyl (C=O) groups excluding carboxylic acids is 1. The second-order valence-electron chi connectivity index (χ2n) is 5.97. The highest BCUT2D eigenvalue weighted by Gasteiger charge is 2.06. The van der Waals surface area contributed by atoms with Gasteiger partial charge in [-0.3, -0.25) is 4.79 Å². The van der Waals surface area contributed by atoms with Crippen LogP contribution in [0.4, 0.5) is 0 Å². The first kappa shape index (κ1) is 17.0. The first-order chi connectivity index (χ1) is 12.3. The fraction of sp³-hybridized carbons (Fsp3) is 0.238. The van der Waals surface area contributed by atoms with Crippen LogP contribution in [-0.4, -0.2) is 22.9 Å². The van der Waals surface area contributed by atoms with Gasteiger partial charge in [0.15, 0.2) is 0 Å². The Kier molecular flexibility index (Phi) is 5.62. The van der Waals surface area contributed by atoms with E-state index in [1.807, 2.05) is 42.6 Å². The van der Waals surface area contributed by atoms with Crippen molar-refractivity contribution in [3.05, 3.63) is 60.3 Å². The number of H-pyrrole nitrogens is 1. The van der Waals surface area contributed by atoms with Crippen molar-refractivity contribution in [2.75, 3.05) is 6.61 Å². The number of benzene rings is 2. The van der Waals surface area contributed by atoms with E-state index in [0.717, 1.165) is 47.7 Å². The molecule has 0 amide bonds. The predicted molar refractivity (Wildman–Crippen MR) is 99.9 cm³/mol. The van der Waals surface area contributed by atoms with Gasteiger partial charge in [0.05, 0.1) is 18.5 Å². The molecule has 3 rings (SSSR count). The smallest absolute Gasteiger partial charge is 0.150 e. The van der Waals surface area contributed by atoms with Gasteiger partial charge in [0.25, 0.3) is 0 Å². The number of rotatable bonds is 8. The number of hydrogen-bond acceptors (Lipinski definition) is 3. The maximum atomic E-state index is 10.7. The molecule has 0 radical (unpaired) electrons. The standard InChI is InChI=1S/C21H22N2O2/c1-2-3-4-13-25-19-11-9-17(10-12-19)20-14-22-21(23-20)18-7-5-16(15-24)6-8-18/h5-12,14-15H,2-4,13H2,1H3,(H,22,23). The van der Waals surface area contributed by atoms with Gasteiger partial charge in [0.2, 0.25) is 0 Å². The van der Waals surface area contributed by atoms with Gasteiger partial charge in [-0.15, -0.1) is 0 Å². The molecule has 0 atom stereocenters. The number of nitrogens with one attached hydrogen (secondary N) is 1. The highest BCUT2D eigenvalue weighted by Crippen LogP contribution is 2.24. The highest BCUT2D eigenvalue weighted by atomic mass is 16.5. The summed E-state index contributed by atoms with van der Waals surface area (Å²) >= 11 is 0. The first-order valence-corrected chi connectivity index (χ1v) is 8.64. The van der Waals surface area contributed by atoms with Crippen molar-refractivity contribution >= 4 is 6.29 Å². The molecule has 128 valence electrons. The Morgan fingerprint density at radius 3 is 2.40 bits per heavy atom. The molecule has 4 nitrogen and oxygen atoms in total. The number of hydrogen-bond donors (Lipinski definition) is 1. The van der Waals surface area contributed by atoms with E-state index >= 15 is 0 Å². The number of aromatic amines is 1. The zero-order valence-corrected chi connectivity index (χ0v) is 14.4. The second kappa shape index (κ2) is 8.29. The van der Waals surface area contributed by atoms with Crippen molar-refractivity contribution in [3.63, 3.8) is 0 Å². The van der Waals surface area contributed by atoms with Crippen LogP contribution in [-0.2, 0) is 0 Å². The average molecular weight is 334 g/mol. The lowest BCUT2D eigenvalue weighted by Crippen LogP contribution is -1.96. The first-order valence-electron chi connectivity index (χ1n) is 8.64. The summed E-state index contributed by atoms with van der Waals surface area (Å²) in [7, 11) is 0.